The highest BCUT2D eigenvalue weighted by Crippen LogP contribution is 2.15. The lowest BCUT2D eigenvalue weighted by Gasteiger charge is -1.99. The highest BCUT2D eigenvalue weighted by atomic mass is 16.3. The molecule has 0 aliphatic heterocycles. The molecular weight excluding hydrogens is 192 g/mol. The molecule has 0 spiro atoms. The summed E-state index contributed by atoms with van der Waals surface area (Å²) < 4.78 is 1.73. The smallest absolute Gasteiger partial charge is 0.153 e. The number of nitrogens with zero attached hydrogens (tertiary/aromatic N) is 4. The SMILES string of the molecule is Cc1ccc2nc(C(C)CN=O)cn2n1. The lowest BCUT2D eigenvalue weighted by Crippen LogP contribution is -1.97. The van der Waals surface area contributed by atoms with E-state index in [1.165, 1.54) is 0 Å². The monoisotopic (exact) mass is 204 g/mol. The predicted molar refractivity (Wildman–Crippen MR) is 56.8 cm³/mol. The molecule has 78 valence electrons. The number of imidazole rings is 1. The van der Waals surface area contributed by atoms with E-state index >= 15 is 0 Å². The number of fused-ring (bicyclic) bond motifs is 1. The summed E-state index contributed by atoms with van der Waals surface area (Å²) >= 11 is 0. The van der Waals surface area contributed by atoms with Gasteiger partial charge in [0.2, 0.25) is 0 Å². The van der Waals surface area contributed by atoms with Crippen molar-refractivity contribution in [3.63, 3.8) is 0 Å². The molecule has 0 aromatic carbocycles. The van der Waals surface area contributed by atoms with Gasteiger partial charge in [0.25, 0.3) is 0 Å². The van der Waals surface area contributed by atoms with Crippen molar-refractivity contribution in [1.29, 1.82) is 0 Å². The Morgan fingerprint density at radius 1 is 1.53 bits per heavy atom. The second-order valence-corrected chi connectivity index (χ2v) is 3.66. The van der Waals surface area contributed by atoms with E-state index in [2.05, 4.69) is 15.3 Å². The van der Waals surface area contributed by atoms with Gasteiger partial charge in [-0.25, -0.2) is 9.50 Å². The standard InChI is InChI=1S/C10H12N4O/c1-7(5-11-15)9-6-14-10(12-9)4-3-8(2)13-14/h3-4,6-7H,5H2,1-2H3. The summed E-state index contributed by atoms with van der Waals surface area (Å²) in [6.07, 6.45) is 1.85. The van der Waals surface area contributed by atoms with E-state index in [1.54, 1.807) is 4.52 Å². The molecule has 2 aromatic heterocycles. The zero-order valence-electron chi connectivity index (χ0n) is 8.71. The molecule has 0 amide bonds. The van der Waals surface area contributed by atoms with Gasteiger partial charge in [0.05, 0.1) is 24.1 Å². The van der Waals surface area contributed by atoms with Crippen LogP contribution in [0.4, 0.5) is 0 Å². The molecule has 2 aromatic rings. The Labute approximate surface area is 87.1 Å². The van der Waals surface area contributed by atoms with Crippen molar-refractivity contribution in [3.8, 4) is 0 Å². The van der Waals surface area contributed by atoms with E-state index < -0.39 is 0 Å². The van der Waals surface area contributed by atoms with E-state index in [9.17, 15) is 4.91 Å². The summed E-state index contributed by atoms with van der Waals surface area (Å²) in [7, 11) is 0. The first-order valence-corrected chi connectivity index (χ1v) is 4.83. The van der Waals surface area contributed by atoms with Crippen LogP contribution < -0.4 is 0 Å². The zero-order chi connectivity index (χ0) is 10.8. The molecule has 5 heteroatoms. The first-order valence-electron chi connectivity index (χ1n) is 4.83. The molecule has 0 saturated heterocycles. The number of nitroso groups, excluding NO2 is 1. The third-order valence-electron chi connectivity index (χ3n) is 2.33. The van der Waals surface area contributed by atoms with Gasteiger partial charge in [-0.05, 0) is 19.1 Å². The Kier molecular flexibility index (Phi) is 2.45. The second kappa shape index (κ2) is 3.76. The molecule has 5 nitrogen and oxygen atoms in total. The molecule has 0 aliphatic carbocycles. The second-order valence-electron chi connectivity index (χ2n) is 3.66. The van der Waals surface area contributed by atoms with Crippen LogP contribution in [0.3, 0.4) is 0 Å². The molecular formula is C10H12N4O. The molecule has 1 unspecified atom stereocenters. The largest absolute Gasteiger partial charge is 0.232 e. The maximum atomic E-state index is 10.2. The highest BCUT2D eigenvalue weighted by molar-refractivity contribution is 5.39. The summed E-state index contributed by atoms with van der Waals surface area (Å²) in [5.41, 5.74) is 2.59. The van der Waals surface area contributed by atoms with E-state index in [-0.39, 0.29) is 12.5 Å². The van der Waals surface area contributed by atoms with E-state index in [1.807, 2.05) is 32.2 Å². The van der Waals surface area contributed by atoms with Gasteiger partial charge >= 0.3 is 0 Å². The molecule has 1 atom stereocenters. The molecule has 0 saturated carbocycles. The molecule has 0 fully saturated rings. The van der Waals surface area contributed by atoms with Crippen molar-refractivity contribution < 1.29 is 0 Å². The van der Waals surface area contributed by atoms with E-state index in [0.29, 0.717) is 0 Å². The van der Waals surface area contributed by atoms with Gasteiger partial charge in [-0.3, -0.25) is 0 Å². The van der Waals surface area contributed by atoms with E-state index in [4.69, 9.17) is 0 Å². The molecule has 0 aliphatic rings. The lowest BCUT2D eigenvalue weighted by atomic mass is 10.1. The van der Waals surface area contributed by atoms with Gasteiger partial charge in [-0.1, -0.05) is 12.1 Å². The van der Waals surface area contributed by atoms with Crippen LogP contribution in [0.5, 0.6) is 0 Å². The summed E-state index contributed by atoms with van der Waals surface area (Å²) in [6.45, 7) is 4.11. The summed E-state index contributed by atoms with van der Waals surface area (Å²) in [5, 5.41) is 7.16. The van der Waals surface area contributed by atoms with Gasteiger partial charge in [0.15, 0.2) is 5.65 Å². The van der Waals surface area contributed by atoms with Crippen molar-refractivity contribution >= 4 is 5.65 Å². The van der Waals surface area contributed by atoms with Crippen LogP contribution in [0, 0.1) is 11.8 Å². The van der Waals surface area contributed by atoms with Crippen molar-refractivity contribution in [1.82, 2.24) is 14.6 Å². The Hall–Kier alpha value is -1.78. The van der Waals surface area contributed by atoms with Crippen LogP contribution >= 0.6 is 0 Å². The number of rotatable bonds is 3. The minimum absolute atomic E-state index is 0.0458. The minimum Gasteiger partial charge on any atom is -0.232 e. The number of hydrogen-bond donors (Lipinski definition) is 0. The third kappa shape index (κ3) is 1.86. The fourth-order valence-corrected chi connectivity index (χ4v) is 1.44. The van der Waals surface area contributed by atoms with Crippen LogP contribution in [0.15, 0.2) is 23.5 Å². The number of hydrogen-bond acceptors (Lipinski definition) is 4. The average Bonchev–Trinajstić information content (AvgIpc) is 2.60. The van der Waals surface area contributed by atoms with Gasteiger partial charge in [0.1, 0.15) is 0 Å². The van der Waals surface area contributed by atoms with Crippen LogP contribution in [0.1, 0.15) is 24.2 Å². The van der Waals surface area contributed by atoms with Crippen molar-refractivity contribution in [2.75, 3.05) is 6.54 Å². The number of aromatic nitrogens is 3. The van der Waals surface area contributed by atoms with Crippen molar-refractivity contribution in [2.24, 2.45) is 5.18 Å². The highest BCUT2D eigenvalue weighted by Gasteiger charge is 2.10. The first kappa shape index (κ1) is 9.76. The maximum absolute atomic E-state index is 10.2. The van der Waals surface area contributed by atoms with Gasteiger partial charge in [-0.15, -0.1) is 0 Å². The Morgan fingerprint density at radius 3 is 3.07 bits per heavy atom. The molecule has 15 heavy (non-hydrogen) atoms. The first-order chi connectivity index (χ1) is 7.20. The summed E-state index contributed by atoms with van der Waals surface area (Å²) in [6, 6.07) is 3.82. The predicted octanol–water partition coefficient (Wildman–Crippen LogP) is 1.91. The average molecular weight is 204 g/mol. The Bertz CT molecular complexity index is 491. The fourth-order valence-electron chi connectivity index (χ4n) is 1.44. The van der Waals surface area contributed by atoms with Gasteiger partial charge in [0, 0.05) is 5.92 Å². The Balaban J connectivity index is 2.42. The number of aryl methyl sites for hydroxylation is 1. The van der Waals surface area contributed by atoms with Crippen LogP contribution in [0.25, 0.3) is 5.65 Å². The zero-order valence-corrected chi connectivity index (χ0v) is 8.71. The summed E-state index contributed by atoms with van der Waals surface area (Å²) in [4.78, 5) is 14.5. The quantitative estimate of drug-likeness (QED) is 0.717. The molecule has 2 heterocycles. The molecule has 0 bridgehead atoms. The van der Waals surface area contributed by atoms with Crippen LogP contribution in [0.2, 0.25) is 0 Å². The normalized spacial score (nSPS) is 12.9. The molecule has 0 radical (unpaired) electrons. The van der Waals surface area contributed by atoms with Gasteiger partial charge in [-0.2, -0.15) is 10.0 Å². The topological polar surface area (TPSA) is 59.6 Å². The fraction of sp³-hybridized carbons (Fsp3) is 0.400. The van der Waals surface area contributed by atoms with Crippen LogP contribution in [-0.2, 0) is 0 Å². The van der Waals surface area contributed by atoms with E-state index in [0.717, 1.165) is 17.0 Å². The van der Waals surface area contributed by atoms with Crippen LogP contribution in [-0.4, -0.2) is 21.1 Å². The Morgan fingerprint density at radius 2 is 2.33 bits per heavy atom. The van der Waals surface area contributed by atoms with Crippen molar-refractivity contribution in [2.45, 2.75) is 19.8 Å². The third-order valence-corrected chi connectivity index (χ3v) is 2.33. The minimum atomic E-state index is 0.0458. The molecule has 2 rings (SSSR count). The summed E-state index contributed by atoms with van der Waals surface area (Å²) in [5.74, 6) is 0.0458. The van der Waals surface area contributed by atoms with Gasteiger partial charge < -0.3 is 0 Å². The maximum Gasteiger partial charge on any atom is 0.153 e. The lowest BCUT2D eigenvalue weighted by molar-refractivity contribution is 0.748. The molecule has 0 N–H and O–H groups in total. The van der Waals surface area contributed by atoms with Crippen molar-refractivity contribution in [3.05, 3.63) is 34.6 Å².